The zero-order valence-corrected chi connectivity index (χ0v) is 16.5. The molecule has 28 heavy (non-hydrogen) atoms. The molecule has 2 aromatic heterocycles. The number of hydrogen-bond donors (Lipinski definition) is 1. The number of aliphatic hydroxyl groups excluding tert-OH is 1. The number of rotatable bonds is 6. The van der Waals surface area contributed by atoms with E-state index in [-0.39, 0.29) is 12.7 Å². The van der Waals surface area contributed by atoms with Gasteiger partial charge in [0.05, 0.1) is 25.0 Å². The van der Waals surface area contributed by atoms with E-state index in [1.165, 1.54) is 0 Å². The molecule has 2 aromatic rings. The predicted molar refractivity (Wildman–Crippen MR) is 109 cm³/mol. The van der Waals surface area contributed by atoms with Crippen LogP contribution in [0.2, 0.25) is 0 Å². The van der Waals surface area contributed by atoms with Gasteiger partial charge in [0.1, 0.15) is 5.82 Å². The summed E-state index contributed by atoms with van der Waals surface area (Å²) in [5, 5.41) is 9.11. The molecule has 0 spiro atoms. The molecule has 4 rings (SSSR count). The van der Waals surface area contributed by atoms with Crippen LogP contribution >= 0.6 is 0 Å². The van der Waals surface area contributed by atoms with Crippen LogP contribution in [0.1, 0.15) is 30.5 Å². The van der Waals surface area contributed by atoms with E-state index in [0.717, 1.165) is 60.9 Å². The molecule has 148 valence electrons. The van der Waals surface area contributed by atoms with Gasteiger partial charge in [-0.05, 0) is 26.0 Å². The van der Waals surface area contributed by atoms with E-state index in [9.17, 15) is 0 Å². The summed E-state index contributed by atoms with van der Waals surface area (Å²) in [6.45, 7) is 9.31. The van der Waals surface area contributed by atoms with Gasteiger partial charge in [0.25, 0.3) is 0 Å². The lowest BCUT2D eigenvalue weighted by Gasteiger charge is -2.35. The first-order valence-electron chi connectivity index (χ1n) is 9.89. The van der Waals surface area contributed by atoms with Crippen LogP contribution in [-0.2, 0) is 6.54 Å². The molecule has 7 heteroatoms. The van der Waals surface area contributed by atoms with Crippen molar-refractivity contribution in [2.24, 2.45) is 4.99 Å². The molecule has 1 N–H and O–H groups in total. The van der Waals surface area contributed by atoms with Crippen molar-refractivity contribution in [3.05, 3.63) is 47.3 Å². The van der Waals surface area contributed by atoms with Crippen molar-refractivity contribution in [1.82, 2.24) is 14.9 Å². The van der Waals surface area contributed by atoms with E-state index in [1.54, 1.807) is 0 Å². The summed E-state index contributed by atoms with van der Waals surface area (Å²) in [7, 11) is 0. The molecule has 0 atom stereocenters. The Hall–Kier alpha value is -2.51. The second-order valence-electron chi connectivity index (χ2n) is 7.47. The van der Waals surface area contributed by atoms with E-state index in [1.807, 2.05) is 38.4 Å². The summed E-state index contributed by atoms with van der Waals surface area (Å²) in [6, 6.07) is 6.14. The Morgan fingerprint density at radius 3 is 2.71 bits per heavy atom. The minimum Gasteiger partial charge on any atom is -0.475 e. The molecule has 0 bridgehead atoms. The van der Waals surface area contributed by atoms with Crippen molar-refractivity contribution in [2.75, 3.05) is 44.2 Å². The number of hydrogen-bond acceptors (Lipinski definition) is 7. The van der Waals surface area contributed by atoms with Crippen LogP contribution in [0.3, 0.4) is 0 Å². The van der Waals surface area contributed by atoms with Crippen LogP contribution in [0.15, 0.2) is 35.6 Å². The van der Waals surface area contributed by atoms with Crippen LogP contribution in [0.5, 0.6) is 5.88 Å². The van der Waals surface area contributed by atoms with Gasteiger partial charge in [0, 0.05) is 67.9 Å². The lowest BCUT2D eigenvalue weighted by Crippen LogP contribution is -2.47. The largest absolute Gasteiger partial charge is 0.475 e. The maximum Gasteiger partial charge on any atom is 0.214 e. The molecule has 1 fully saturated rings. The van der Waals surface area contributed by atoms with Gasteiger partial charge in [-0.15, -0.1) is 0 Å². The second-order valence-corrected chi connectivity index (χ2v) is 7.47. The number of pyridine rings is 2. The Labute approximate surface area is 165 Å². The molecule has 0 amide bonds. The second kappa shape index (κ2) is 8.24. The average Bonchev–Trinajstić information content (AvgIpc) is 3.12. The first-order chi connectivity index (χ1) is 13.6. The van der Waals surface area contributed by atoms with E-state index < -0.39 is 0 Å². The Morgan fingerprint density at radius 1 is 1.14 bits per heavy atom. The first kappa shape index (κ1) is 18.8. The molecule has 7 nitrogen and oxygen atoms in total. The van der Waals surface area contributed by atoms with Crippen molar-refractivity contribution in [3.8, 4) is 5.88 Å². The van der Waals surface area contributed by atoms with Crippen molar-refractivity contribution >= 4 is 11.5 Å². The molecule has 0 aromatic carbocycles. The summed E-state index contributed by atoms with van der Waals surface area (Å²) in [6.07, 6.45) is 3.81. The Kier molecular flexibility index (Phi) is 5.54. The van der Waals surface area contributed by atoms with Gasteiger partial charge in [0.2, 0.25) is 5.88 Å². The molecule has 0 aliphatic carbocycles. The summed E-state index contributed by atoms with van der Waals surface area (Å²) < 4.78 is 5.76. The van der Waals surface area contributed by atoms with Crippen LogP contribution in [0.4, 0.5) is 5.82 Å². The molecule has 0 unspecified atom stereocenters. The Morgan fingerprint density at radius 2 is 1.96 bits per heavy atom. The lowest BCUT2D eigenvalue weighted by atomic mass is 10.0. The number of aromatic nitrogens is 2. The van der Waals surface area contributed by atoms with Crippen LogP contribution in [-0.4, -0.2) is 71.1 Å². The Balaban J connectivity index is 1.54. The number of β-amino-alcohol motifs (C(OH)–C–C–N with tert-alkyl or cyclic N) is 1. The van der Waals surface area contributed by atoms with Gasteiger partial charge >= 0.3 is 0 Å². The van der Waals surface area contributed by atoms with Gasteiger partial charge in [-0.3, -0.25) is 9.89 Å². The summed E-state index contributed by atoms with van der Waals surface area (Å²) in [4.78, 5) is 18.3. The van der Waals surface area contributed by atoms with Gasteiger partial charge in [-0.1, -0.05) is 0 Å². The molecule has 0 radical (unpaired) electrons. The standard InChI is InChI=1S/C21H27N5O2/c1-15(2)28-20-12-18-17(13-23-20)14-24-21(18)16-3-4-22-19(11-16)26-7-5-25(6-8-26)9-10-27/h3-4,11-13,15,27H,5-10,14H2,1-2H3. The molecule has 1 saturated heterocycles. The van der Waals surface area contributed by atoms with Gasteiger partial charge in [-0.25, -0.2) is 9.97 Å². The molecular weight excluding hydrogens is 354 g/mol. The topological polar surface area (TPSA) is 74.1 Å². The third-order valence-corrected chi connectivity index (χ3v) is 5.11. The quantitative estimate of drug-likeness (QED) is 0.822. The predicted octanol–water partition coefficient (Wildman–Crippen LogP) is 1.73. The molecule has 2 aliphatic heterocycles. The SMILES string of the molecule is CC(C)Oc1cc2c(cn1)CN=C2c1ccnc(N2CCN(CCO)CC2)c1. The first-order valence-corrected chi connectivity index (χ1v) is 9.89. The smallest absolute Gasteiger partial charge is 0.214 e. The average molecular weight is 381 g/mol. The summed E-state index contributed by atoms with van der Waals surface area (Å²) in [5.74, 6) is 1.61. The number of aliphatic hydroxyl groups is 1. The normalized spacial score (nSPS) is 17.0. The van der Waals surface area contributed by atoms with E-state index in [2.05, 4.69) is 25.8 Å². The number of anilines is 1. The third-order valence-electron chi connectivity index (χ3n) is 5.11. The van der Waals surface area contributed by atoms with Crippen LogP contribution in [0, 0.1) is 0 Å². The minimum atomic E-state index is 0.0874. The molecular formula is C21H27N5O2. The zero-order valence-electron chi connectivity index (χ0n) is 16.5. The maximum absolute atomic E-state index is 9.11. The van der Waals surface area contributed by atoms with E-state index in [0.29, 0.717) is 12.4 Å². The highest BCUT2D eigenvalue weighted by Gasteiger charge is 2.22. The number of piperazine rings is 1. The highest BCUT2D eigenvalue weighted by molar-refractivity contribution is 6.15. The monoisotopic (exact) mass is 381 g/mol. The number of fused-ring (bicyclic) bond motifs is 1. The fourth-order valence-electron chi connectivity index (χ4n) is 3.69. The van der Waals surface area contributed by atoms with Crippen molar-refractivity contribution in [1.29, 1.82) is 0 Å². The lowest BCUT2D eigenvalue weighted by molar-refractivity contribution is 0.188. The highest BCUT2D eigenvalue weighted by Crippen LogP contribution is 2.27. The van der Waals surface area contributed by atoms with E-state index >= 15 is 0 Å². The molecule has 0 saturated carbocycles. The number of aliphatic imine (C=N–C) groups is 1. The maximum atomic E-state index is 9.11. The highest BCUT2D eigenvalue weighted by atomic mass is 16.5. The van der Waals surface area contributed by atoms with Gasteiger partial charge in [-0.2, -0.15) is 0 Å². The van der Waals surface area contributed by atoms with Crippen LogP contribution < -0.4 is 9.64 Å². The van der Waals surface area contributed by atoms with Crippen molar-refractivity contribution < 1.29 is 9.84 Å². The van der Waals surface area contributed by atoms with Gasteiger partial charge in [0.15, 0.2) is 0 Å². The fraction of sp³-hybridized carbons (Fsp3) is 0.476. The summed E-state index contributed by atoms with van der Waals surface area (Å²) in [5.41, 5.74) is 4.27. The summed E-state index contributed by atoms with van der Waals surface area (Å²) >= 11 is 0. The molecule has 2 aliphatic rings. The van der Waals surface area contributed by atoms with E-state index in [4.69, 9.17) is 14.8 Å². The number of ether oxygens (including phenoxy) is 1. The van der Waals surface area contributed by atoms with Crippen molar-refractivity contribution in [3.63, 3.8) is 0 Å². The van der Waals surface area contributed by atoms with Gasteiger partial charge < -0.3 is 14.7 Å². The van der Waals surface area contributed by atoms with Crippen molar-refractivity contribution in [2.45, 2.75) is 26.5 Å². The van der Waals surface area contributed by atoms with Crippen LogP contribution in [0.25, 0.3) is 0 Å². The zero-order chi connectivity index (χ0) is 19.5. The Bertz CT molecular complexity index is 860. The third kappa shape index (κ3) is 4.00. The fourth-order valence-corrected chi connectivity index (χ4v) is 3.69. The minimum absolute atomic E-state index is 0.0874. The number of nitrogens with zero attached hydrogens (tertiary/aromatic N) is 5. The molecule has 4 heterocycles.